The predicted molar refractivity (Wildman–Crippen MR) is 131 cm³/mol. The van der Waals surface area contributed by atoms with Gasteiger partial charge in [-0.15, -0.1) is 0 Å². The Hall–Kier alpha value is -3.56. The van der Waals surface area contributed by atoms with Crippen LogP contribution >= 0.6 is 0 Å². The lowest BCUT2D eigenvalue weighted by Gasteiger charge is -2.19. The number of carbonyl (C=O) groups is 1. The van der Waals surface area contributed by atoms with Crippen molar-refractivity contribution in [2.45, 2.75) is 44.0 Å². The van der Waals surface area contributed by atoms with Gasteiger partial charge in [-0.3, -0.25) is 4.79 Å². The summed E-state index contributed by atoms with van der Waals surface area (Å²) in [5, 5.41) is 12.8. The Labute approximate surface area is 198 Å². The fourth-order valence-electron chi connectivity index (χ4n) is 3.59. The maximum absolute atomic E-state index is 12.9. The highest BCUT2D eigenvalue weighted by Gasteiger charge is 2.16. The molecule has 4 rings (SSSR count). The van der Waals surface area contributed by atoms with Gasteiger partial charge in [-0.2, -0.15) is 9.61 Å². The van der Waals surface area contributed by atoms with Gasteiger partial charge in [-0.25, -0.2) is 18.5 Å². The van der Waals surface area contributed by atoms with E-state index >= 15 is 0 Å². The standard InChI is InChI=1S/C25H27N5O3S/c1-25(2,3)19-8-6-18(7-9-19)22(31)14-20-15-24(30-23(29-20)12-13-28-30)27-16-17-4-10-21(11-5-17)34(26,32)33/h4-13,15,27H,14,16H2,1-3H3,(H2,26,32,33). The number of Topliss-reactive ketones (excluding diaryl/α,β-unsaturated/α-hetero) is 1. The minimum atomic E-state index is -3.73. The van der Waals surface area contributed by atoms with Gasteiger partial charge in [0.25, 0.3) is 0 Å². The van der Waals surface area contributed by atoms with Gasteiger partial charge in [0.05, 0.1) is 23.2 Å². The Balaban J connectivity index is 1.52. The van der Waals surface area contributed by atoms with Crippen molar-refractivity contribution in [3.63, 3.8) is 0 Å². The molecule has 4 aromatic rings. The second-order valence-corrected chi connectivity index (χ2v) is 10.8. The van der Waals surface area contributed by atoms with Crippen LogP contribution in [0.2, 0.25) is 0 Å². The summed E-state index contributed by atoms with van der Waals surface area (Å²) in [6.45, 7) is 6.83. The number of nitrogens with one attached hydrogen (secondary N) is 1. The molecular formula is C25H27N5O3S. The van der Waals surface area contributed by atoms with Crippen LogP contribution in [0.4, 0.5) is 5.82 Å². The average Bonchev–Trinajstić information content (AvgIpc) is 3.25. The number of rotatable bonds is 7. The summed E-state index contributed by atoms with van der Waals surface area (Å²) in [6, 6.07) is 17.6. The lowest BCUT2D eigenvalue weighted by Crippen LogP contribution is -2.13. The van der Waals surface area contributed by atoms with Crippen LogP contribution in [0, 0.1) is 0 Å². The lowest BCUT2D eigenvalue weighted by molar-refractivity contribution is 0.0992. The summed E-state index contributed by atoms with van der Waals surface area (Å²) >= 11 is 0. The van der Waals surface area contributed by atoms with E-state index in [4.69, 9.17) is 5.14 Å². The average molecular weight is 478 g/mol. The number of primary sulfonamides is 1. The van der Waals surface area contributed by atoms with Gasteiger partial charge in [0, 0.05) is 24.2 Å². The number of nitrogens with two attached hydrogens (primary N) is 1. The zero-order valence-electron chi connectivity index (χ0n) is 19.3. The zero-order valence-corrected chi connectivity index (χ0v) is 20.1. The molecule has 0 aliphatic rings. The molecule has 0 radical (unpaired) electrons. The van der Waals surface area contributed by atoms with E-state index in [1.165, 1.54) is 17.7 Å². The summed E-state index contributed by atoms with van der Waals surface area (Å²) in [5.41, 5.74) is 3.96. The van der Waals surface area contributed by atoms with Gasteiger partial charge in [0.2, 0.25) is 10.0 Å². The van der Waals surface area contributed by atoms with E-state index in [1.54, 1.807) is 35.0 Å². The van der Waals surface area contributed by atoms with E-state index in [-0.39, 0.29) is 22.5 Å². The summed E-state index contributed by atoms with van der Waals surface area (Å²) in [5.74, 6) is 0.665. The summed E-state index contributed by atoms with van der Waals surface area (Å²) in [4.78, 5) is 17.5. The Bertz CT molecular complexity index is 1430. The number of aromatic nitrogens is 3. The molecule has 0 atom stereocenters. The predicted octanol–water partition coefficient (Wildman–Crippen LogP) is 3.71. The van der Waals surface area contributed by atoms with E-state index < -0.39 is 10.0 Å². The summed E-state index contributed by atoms with van der Waals surface area (Å²) in [6.07, 6.45) is 1.81. The van der Waals surface area contributed by atoms with Crippen molar-refractivity contribution in [1.82, 2.24) is 14.6 Å². The van der Waals surface area contributed by atoms with Crippen molar-refractivity contribution >= 4 is 27.3 Å². The first kappa shape index (κ1) is 23.6. The van der Waals surface area contributed by atoms with E-state index in [1.807, 2.05) is 24.3 Å². The van der Waals surface area contributed by atoms with Gasteiger partial charge >= 0.3 is 0 Å². The van der Waals surface area contributed by atoms with Crippen LogP contribution in [0.3, 0.4) is 0 Å². The van der Waals surface area contributed by atoms with Crippen LogP contribution in [-0.4, -0.2) is 28.8 Å². The molecule has 9 heteroatoms. The number of anilines is 1. The number of sulfonamides is 1. The van der Waals surface area contributed by atoms with E-state index in [9.17, 15) is 13.2 Å². The molecule has 0 amide bonds. The quantitative estimate of drug-likeness (QED) is 0.392. The first-order valence-electron chi connectivity index (χ1n) is 10.8. The number of fused-ring (bicyclic) bond motifs is 1. The fourth-order valence-corrected chi connectivity index (χ4v) is 4.11. The zero-order chi connectivity index (χ0) is 24.5. The molecule has 8 nitrogen and oxygen atoms in total. The molecule has 2 aromatic carbocycles. The van der Waals surface area contributed by atoms with Gasteiger partial charge < -0.3 is 5.32 Å². The maximum atomic E-state index is 12.9. The van der Waals surface area contributed by atoms with Crippen LogP contribution in [-0.2, 0) is 28.4 Å². The first-order chi connectivity index (χ1) is 16.0. The van der Waals surface area contributed by atoms with Gasteiger partial charge in [0.15, 0.2) is 11.4 Å². The topological polar surface area (TPSA) is 119 Å². The van der Waals surface area contributed by atoms with Crippen molar-refractivity contribution < 1.29 is 13.2 Å². The number of carbonyl (C=O) groups excluding carboxylic acids is 1. The van der Waals surface area contributed by atoms with Crippen LogP contribution < -0.4 is 10.5 Å². The molecular weight excluding hydrogens is 450 g/mol. The van der Waals surface area contributed by atoms with Crippen molar-refractivity contribution in [1.29, 1.82) is 0 Å². The van der Waals surface area contributed by atoms with Crippen molar-refractivity contribution in [2.75, 3.05) is 5.32 Å². The monoisotopic (exact) mass is 477 g/mol. The van der Waals surface area contributed by atoms with Crippen LogP contribution in [0.25, 0.3) is 5.65 Å². The number of benzene rings is 2. The largest absolute Gasteiger partial charge is 0.366 e. The van der Waals surface area contributed by atoms with E-state index in [2.05, 4.69) is 36.2 Å². The molecule has 0 fully saturated rings. The van der Waals surface area contributed by atoms with Crippen molar-refractivity contribution in [3.05, 3.63) is 89.2 Å². The van der Waals surface area contributed by atoms with Gasteiger partial charge in [-0.1, -0.05) is 57.2 Å². The Morgan fingerprint density at radius 1 is 1.03 bits per heavy atom. The Morgan fingerprint density at radius 2 is 1.71 bits per heavy atom. The second-order valence-electron chi connectivity index (χ2n) is 9.20. The smallest absolute Gasteiger partial charge is 0.238 e. The summed E-state index contributed by atoms with van der Waals surface area (Å²) in [7, 11) is -3.73. The normalized spacial score (nSPS) is 12.1. The van der Waals surface area contributed by atoms with Crippen molar-refractivity contribution in [3.8, 4) is 0 Å². The molecule has 0 aliphatic heterocycles. The van der Waals surface area contributed by atoms with E-state index in [0.717, 1.165) is 5.56 Å². The lowest BCUT2D eigenvalue weighted by atomic mass is 9.86. The minimum Gasteiger partial charge on any atom is -0.366 e. The number of hydrogen-bond acceptors (Lipinski definition) is 6. The molecule has 0 saturated carbocycles. The first-order valence-corrected chi connectivity index (χ1v) is 12.4. The second kappa shape index (κ2) is 9.00. The Kier molecular flexibility index (Phi) is 6.24. The molecule has 2 heterocycles. The van der Waals surface area contributed by atoms with Crippen molar-refractivity contribution in [2.24, 2.45) is 5.14 Å². The molecule has 0 aliphatic carbocycles. The van der Waals surface area contributed by atoms with Gasteiger partial charge in [0.1, 0.15) is 5.82 Å². The maximum Gasteiger partial charge on any atom is 0.238 e. The molecule has 0 saturated heterocycles. The third kappa shape index (κ3) is 5.32. The minimum absolute atomic E-state index is 0.0126. The molecule has 34 heavy (non-hydrogen) atoms. The number of nitrogens with zero attached hydrogens (tertiary/aromatic N) is 3. The molecule has 0 unspecified atom stereocenters. The number of ketones is 1. The SMILES string of the molecule is CC(C)(C)c1ccc(C(=O)Cc2cc(NCc3ccc(S(N)(=O)=O)cc3)n3nccc3n2)cc1. The highest BCUT2D eigenvalue weighted by atomic mass is 32.2. The third-order valence-electron chi connectivity index (χ3n) is 5.55. The molecule has 0 bridgehead atoms. The molecule has 0 spiro atoms. The third-order valence-corrected chi connectivity index (χ3v) is 6.48. The Morgan fingerprint density at radius 3 is 2.32 bits per heavy atom. The van der Waals surface area contributed by atoms with Crippen LogP contribution in [0.1, 0.15) is 48.0 Å². The fraction of sp³-hybridized carbons (Fsp3) is 0.240. The highest BCUT2D eigenvalue weighted by Crippen LogP contribution is 2.23. The molecule has 176 valence electrons. The molecule has 3 N–H and O–H groups in total. The van der Waals surface area contributed by atoms with Crippen LogP contribution in [0.15, 0.2) is 71.8 Å². The van der Waals surface area contributed by atoms with Crippen LogP contribution in [0.5, 0.6) is 0 Å². The van der Waals surface area contributed by atoms with E-state index in [0.29, 0.717) is 29.3 Å². The summed E-state index contributed by atoms with van der Waals surface area (Å²) < 4.78 is 24.5. The number of hydrogen-bond donors (Lipinski definition) is 2. The van der Waals surface area contributed by atoms with Gasteiger partial charge in [-0.05, 0) is 28.7 Å². The highest BCUT2D eigenvalue weighted by molar-refractivity contribution is 7.89. The molecule has 2 aromatic heterocycles.